The van der Waals surface area contributed by atoms with Gasteiger partial charge in [0.2, 0.25) is 0 Å². The van der Waals surface area contributed by atoms with Crippen LogP contribution in [0.15, 0.2) is 42.6 Å². The number of anilines is 1. The van der Waals surface area contributed by atoms with Crippen LogP contribution in [0.5, 0.6) is 5.75 Å². The normalized spacial score (nSPS) is 10.2. The number of ether oxygens (including phenoxy) is 1. The molecule has 1 aromatic heterocycles. The molecule has 17 heavy (non-hydrogen) atoms. The topological polar surface area (TPSA) is 48.1 Å². The molecule has 88 valence electrons. The van der Waals surface area contributed by atoms with Crippen LogP contribution in [0.2, 0.25) is 0 Å². The molecule has 0 bridgehead atoms. The van der Waals surface area contributed by atoms with Crippen LogP contribution in [0.25, 0.3) is 0 Å². The number of aromatic nitrogens is 1. The van der Waals surface area contributed by atoms with Crippen molar-refractivity contribution < 1.29 is 4.74 Å². The highest BCUT2D eigenvalue weighted by atomic mass is 16.5. The Morgan fingerprint density at radius 1 is 1.24 bits per heavy atom. The first-order valence-electron chi connectivity index (χ1n) is 5.70. The molecule has 0 spiro atoms. The average molecular weight is 228 g/mol. The maximum atomic E-state index is 5.79. The van der Waals surface area contributed by atoms with Crippen LogP contribution in [0.1, 0.15) is 18.1 Å². The number of aryl methyl sites for hydroxylation is 1. The molecule has 1 heterocycles. The summed E-state index contributed by atoms with van der Waals surface area (Å²) in [7, 11) is 0. The standard InChI is InChI=1S/C14H16N2O/c1-2-12-5-3-4-6-13(12)17-10-11-7-8-16-14(15)9-11/h3-9H,2,10H2,1H3,(H2,15,16). The van der Waals surface area contributed by atoms with Crippen LogP contribution in [0.3, 0.4) is 0 Å². The molecule has 3 heteroatoms. The maximum Gasteiger partial charge on any atom is 0.123 e. The van der Waals surface area contributed by atoms with Crippen LogP contribution in [0.4, 0.5) is 5.82 Å². The van der Waals surface area contributed by atoms with Crippen LogP contribution in [-0.2, 0) is 13.0 Å². The van der Waals surface area contributed by atoms with Gasteiger partial charge in [0, 0.05) is 6.20 Å². The largest absolute Gasteiger partial charge is 0.489 e. The van der Waals surface area contributed by atoms with Crippen molar-refractivity contribution in [1.82, 2.24) is 4.98 Å². The smallest absolute Gasteiger partial charge is 0.123 e. The lowest BCUT2D eigenvalue weighted by molar-refractivity contribution is 0.303. The quantitative estimate of drug-likeness (QED) is 0.875. The molecule has 0 amide bonds. The first kappa shape index (κ1) is 11.5. The van der Waals surface area contributed by atoms with Crippen molar-refractivity contribution in [3.63, 3.8) is 0 Å². The van der Waals surface area contributed by atoms with Gasteiger partial charge in [-0.05, 0) is 35.7 Å². The molecular formula is C14H16N2O. The highest BCUT2D eigenvalue weighted by molar-refractivity contribution is 5.35. The van der Waals surface area contributed by atoms with E-state index < -0.39 is 0 Å². The zero-order chi connectivity index (χ0) is 12.1. The molecule has 1 aromatic carbocycles. The van der Waals surface area contributed by atoms with E-state index in [9.17, 15) is 0 Å². The lowest BCUT2D eigenvalue weighted by atomic mass is 10.1. The van der Waals surface area contributed by atoms with E-state index in [2.05, 4.69) is 18.0 Å². The summed E-state index contributed by atoms with van der Waals surface area (Å²) in [4.78, 5) is 3.95. The fourth-order valence-electron chi connectivity index (χ4n) is 1.68. The van der Waals surface area contributed by atoms with Crippen molar-refractivity contribution in [1.29, 1.82) is 0 Å². The second kappa shape index (κ2) is 5.34. The minimum atomic E-state index is 0.518. The zero-order valence-corrected chi connectivity index (χ0v) is 9.89. The summed E-state index contributed by atoms with van der Waals surface area (Å²) >= 11 is 0. The number of nitrogens with zero attached hydrogens (tertiary/aromatic N) is 1. The molecule has 0 saturated carbocycles. The molecule has 2 aromatic rings. The molecular weight excluding hydrogens is 212 g/mol. The first-order chi connectivity index (χ1) is 8.29. The van der Waals surface area contributed by atoms with Crippen molar-refractivity contribution in [2.75, 3.05) is 5.73 Å². The number of para-hydroxylation sites is 1. The van der Waals surface area contributed by atoms with Gasteiger partial charge in [0.25, 0.3) is 0 Å². The molecule has 2 rings (SSSR count). The van der Waals surface area contributed by atoms with E-state index in [1.165, 1.54) is 5.56 Å². The molecule has 0 fully saturated rings. The molecule has 3 nitrogen and oxygen atoms in total. The number of nitrogen functional groups attached to an aromatic ring is 1. The van der Waals surface area contributed by atoms with E-state index in [0.717, 1.165) is 17.7 Å². The average Bonchev–Trinajstić information content (AvgIpc) is 2.37. The molecule has 0 atom stereocenters. The van der Waals surface area contributed by atoms with Gasteiger partial charge in [0.05, 0.1) is 0 Å². The van der Waals surface area contributed by atoms with Gasteiger partial charge < -0.3 is 10.5 Å². The fraction of sp³-hybridized carbons (Fsp3) is 0.214. The number of pyridine rings is 1. The minimum absolute atomic E-state index is 0.518. The Balaban J connectivity index is 2.07. The summed E-state index contributed by atoms with van der Waals surface area (Å²) in [5.41, 5.74) is 7.87. The Hall–Kier alpha value is -2.03. The second-order valence-corrected chi connectivity index (χ2v) is 3.84. The predicted octanol–water partition coefficient (Wildman–Crippen LogP) is 2.81. The number of benzene rings is 1. The van der Waals surface area contributed by atoms with Crippen molar-refractivity contribution in [2.45, 2.75) is 20.0 Å². The van der Waals surface area contributed by atoms with E-state index >= 15 is 0 Å². The third-order valence-electron chi connectivity index (χ3n) is 2.59. The lowest BCUT2D eigenvalue weighted by Gasteiger charge is -2.10. The molecule has 0 saturated heterocycles. The van der Waals surface area contributed by atoms with E-state index in [1.807, 2.05) is 30.3 Å². The Labute approximate surface area is 101 Å². The molecule has 0 aliphatic carbocycles. The monoisotopic (exact) mass is 228 g/mol. The third-order valence-corrected chi connectivity index (χ3v) is 2.59. The van der Waals surface area contributed by atoms with Gasteiger partial charge in [-0.3, -0.25) is 0 Å². The molecule has 0 radical (unpaired) electrons. The fourth-order valence-corrected chi connectivity index (χ4v) is 1.68. The van der Waals surface area contributed by atoms with Gasteiger partial charge in [-0.2, -0.15) is 0 Å². The van der Waals surface area contributed by atoms with Crippen LogP contribution >= 0.6 is 0 Å². The number of hydrogen-bond donors (Lipinski definition) is 1. The maximum absolute atomic E-state index is 5.79. The van der Waals surface area contributed by atoms with Gasteiger partial charge in [-0.25, -0.2) is 4.98 Å². The Bertz CT molecular complexity index is 497. The summed E-state index contributed by atoms with van der Waals surface area (Å²) in [5, 5.41) is 0. The minimum Gasteiger partial charge on any atom is -0.489 e. The SMILES string of the molecule is CCc1ccccc1OCc1ccnc(N)c1. The van der Waals surface area contributed by atoms with Gasteiger partial charge in [-0.1, -0.05) is 25.1 Å². The van der Waals surface area contributed by atoms with Crippen LogP contribution in [0, 0.1) is 0 Å². The van der Waals surface area contributed by atoms with Gasteiger partial charge in [0.15, 0.2) is 0 Å². The summed E-state index contributed by atoms with van der Waals surface area (Å²) in [5.74, 6) is 1.46. The van der Waals surface area contributed by atoms with Crippen molar-refractivity contribution in [2.24, 2.45) is 0 Å². The molecule has 2 N–H and O–H groups in total. The van der Waals surface area contributed by atoms with E-state index in [-0.39, 0.29) is 0 Å². The van der Waals surface area contributed by atoms with Crippen molar-refractivity contribution >= 4 is 5.82 Å². The van der Waals surface area contributed by atoms with Crippen LogP contribution in [-0.4, -0.2) is 4.98 Å². The second-order valence-electron chi connectivity index (χ2n) is 3.84. The number of hydrogen-bond acceptors (Lipinski definition) is 3. The van der Waals surface area contributed by atoms with Crippen LogP contribution < -0.4 is 10.5 Å². The van der Waals surface area contributed by atoms with Gasteiger partial charge in [0.1, 0.15) is 18.2 Å². The summed E-state index contributed by atoms with van der Waals surface area (Å²) in [6.07, 6.45) is 2.66. The van der Waals surface area contributed by atoms with E-state index in [4.69, 9.17) is 10.5 Å². The first-order valence-corrected chi connectivity index (χ1v) is 5.70. The Morgan fingerprint density at radius 2 is 2.06 bits per heavy atom. The predicted molar refractivity (Wildman–Crippen MR) is 68.8 cm³/mol. The Morgan fingerprint density at radius 3 is 2.82 bits per heavy atom. The zero-order valence-electron chi connectivity index (χ0n) is 9.89. The number of nitrogens with two attached hydrogens (primary N) is 1. The highest BCUT2D eigenvalue weighted by Crippen LogP contribution is 2.19. The van der Waals surface area contributed by atoms with Crippen molar-refractivity contribution in [3.8, 4) is 5.75 Å². The van der Waals surface area contributed by atoms with E-state index in [0.29, 0.717) is 12.4 Å². The summed E-state index contributed by atoms with van der Waals surface area (Å²) in [6, 6.07) is 11.8. The molecule has 0 unspecified atom stereocenters. The summed E-state index contributed by atoms with van der Waals surface area (Å²) < 4.78 is 5.79. The van der Waals surface area contributed by atoms with Gasteiger partial charge >= 0.3 is 0 Å². The molecule has 0 aliphatic rings. The summed E-state index contributed by atoms with van der Waals surface area (Å²) in [6.45, 7) is 2.64. The third kappa shape index (κ3) is 2.97. The Kier molecular flexibility index (Phi) is 3.60. The molecule has 0 aliphatic heterocycles. The highest BCUT2D eigenvalue weighted by Gasteiger charge is 2.01. The van der Waals surface area contributed by atoms with Gasteiger partial charge in [-0.15, -0.1) is 0 Å². The van der Waals surface area contributed by atoms with E-state index in [1.54, 1.807) is 6.20 Å². The number of rotatable bonds is 4. The van der Waals surface area contributed by atoms with Crippen molar-refractivity contribution in [3.05, 3.63) is 53.7 Å². The lowest BCUT2D eigenvalue weighted by Crippen LogP contribution is -1.99.